The van der Waals surface area contributed by atoms with E-state index in [-0.39, 0.29) is 0 Å². The molecule has 0 aliphatic rings. The van der Waals surface area contributed by atoms with Gasteiger partial charge in [0.05, 0.1) is 5.02 Å². The van der Waals surface area contributed by atoms with Crippen molar-refractivity contribution in [2.45, 2.75) is 27.3 Å². The first kappa shape index (κ1) is 14.8. The number of nitrogens with zero attached hydrogens (tertiary/aromatic N) is 1. The molecule has 0 spiro atoms. The fourth-order valence-electron chi connectivity index (χ4n) is 1.87. The van der Waals surface area contributed by atoms with Crippen LogP contribution >= 0.6 is 11.6 Å². The van der Waals surface area contributed by atoms with Gasteiger partial charge in [0.15, 0.2) is 0 Å². The number of ether oxygens (including phenoxy) is 1. The number of nitrogens with one attached hydrogen (secondary N) is 1. The SMILES string of the molecule is CCNCc1ccc(Oc2ccc(C)cc2Cl)nc1C. The number of halogens is 1. The van der Waals surface area contributed by atoms with E-state index in [1.54, 1.807) is 0 Å². The van der Waals surface area contributed by atoms with Crippen molar-refractivity contribution in [2.75, 3.05) is 6.54 Å². The van der Waals surface area contributed by atoms with Crippen LogP contribution in [0.1, 0.15) is 23.7 Å². The topological polar surface area (TPSA) is 34.1 Å². The third-order valence-electron chi connectivity index (χ3n) is 3.04. The number of benzene rings is 1. The number of rotatable bonds is 5. The molecular weight excluding hydrogens is 272 g/mol. The Morgan fingerprint density at radius 3 is 2.65 bits per heavy atom. The standard InChI is InChI=1S/C16H19ClN2O/c1-4-18-10-13-6-8-16(19-12(13)3)20-15-7-5-11(2)9-14(15)17/h5-9,18H,4,10H2,1-3H3. The first-order valence-corrected chi connectivity index (χ1v) is 7.09. The second kappa shape index (κ2) is 6.73. The lowest BCUT2D eigenvalue weighted by molar-refractivity contribution is 0.461. The predicted molar refractivity (Wildman–Crippen MR) is 82.6 cm³/mol. The zero-order chi connectivity index (χ0) is 14.5. The molecule has 0 radical (unpaired) electrons. The lowest BCUT2D eigenvalue weighted by Crippen LogP contribution is -2.13. The Morgan fingerprint density at radius 2 is 2.00 bits per heavy atom. The van der Waals surface area contributed by atoms with Gasteiger partial charge in [-0.25, -0.2) is 4.98 Å². The van der Waals surface area contributed by atoms with Crippen LogP contribution in [-0.4, -0.2) is 11.5 Å². The van der Waals surface area contributed by atoms with E-state index in [0.717, 1.165) is 24.3 Å². The normalized spacial score (nSPS) is 10.6. The van der Waals surface area contributed by atoms with Gasteiger partial charge in [0.25, 0.3) is 0 Å². The quantitative estimate of drug-likeness (QED) is 0.894. The van der Waals surface area contributed by atoms with Crippen LogP contribution in [0.3, 0.4) is 0 Å². The Hall–Kier alpha value is -1.58. The van der Waals surface area contributed by atoms with Crippen molar-refractivity contribution in [1.82, 2.24) is 10.3 Å². The van der Waals surface area contributed by atoms with Crippen molar-refractivity contribution in [3.63, 3.8) is 0 Å². The van der Waals surface area contributed by atoms with Gasteiger partial charge in [-0.2, -0.15) is 0 Å². The van der Waals surface area contributed by atoms with Gasteiger partial charge in [0, 0.05) is 18.3 Å². The molecule has 0 atom stereocenters. The molecule has 20 heavy (non-hydrogen) atoms. The zero-order valence-electron chi connectivity index (χ0n) is 12.0. The molecule has 1 heterocycles. The predicted octanol–water partition coefficient (Wildman–Crippen LogP) is 4.25. The number of aryl methyl sites for hydroxylation is 2. The van der Waals surface area contributed by atoms with Crippen LogP contribution in [-0.2, 0) is 6.54 Å². The van der Waals surface area contributed by atoms with Crippen LogP contribution in [0.15, 0.2) is 30.3 Å². The van der Waals surface area contributed by atoms with Gasteiger partial charge in [0.2, 0.25) is 5.88 Å². The van der Waals surface area contributed by atoms with Gasteiger partial charge in [0.1, 0.15) is 5.75 Å². The fraction of sp³-hybridized carbons (Fsp3) is 0.312. The average Bonchev–Trinajstić information content (AvgIpc) is 2.41. The molecule has 106 valence electrons. The molecule has 2 rings (SSSR count). The summed E-state index contributed by atoms with van der Waals surface area (Å²) in [4.78, 5) is 4.46. The minimum Gasteiger partial charge on any atom is -0.437 e. The summed E-state index contributed by atoms with van der Waals surface area (Å²) in [6, 6.07) is 9.61. The molecule has 4 heteroatoms. The van der Waals surface area contributed by atoms with Gasteiger partial charge < -0.3 is 10.1 Å². The summed E-state index contributed by atoms with van der Waals surface area (Å²) >= 11 is 6.16. The number of pyridine rings is 1. The van der Waals surface area contributed by atoms with E-state index in [0.29, 0.717) is 16.7 Å². The smallest absolute Gasteiger partial charge is 0.219 e. The van der Waals surface area contributed by atoms with Gasteiger partial charge in [-0.1, -0.05) is 30.7 Å². The first-order valence-electron chi connectivity index (χ1n) is 6.71. The second-order valence-electron chi connectivity index (χ2n) is 4.71. The Morgan fingerprint density at radius 1 is 1.20 bits per heavy atom. The van der Waals surface area contributed by atoms with Crippen LogP contribution in [0.5, 0.6) is 11.6 Å². The van der Waals surface area contributed by atoms with Crippen molar-refractivity contribution in [1.29, 1.82) is 0 Å². The van der Waals surface area contributed by atoms with Crippen LogP contribution in [0.2, 0.25) is 5.02 Å². The monoisotopic (exact) mass is 290 g/mol. The molecule has 1 aromatic carbocycles. The molecule has 0 fully saturated rings. The molecule has 0 amide bonds. The highest BCUT2D eigenvalue weighted by Crippen LogP contribution is 2.29. The summed E-state index contributed by atoms with van der Waals surface area (Å²) < 4.78 is 5.74. The molecular formula is C16H19ClN2O. The Balaban J connectivity index is 2.15. The number of hydrogen-bond acceptors (Lipinski definition) is 3. The largest absolute Gasteiger partial charge is 0.437 e. The molecule has 0 aliphatic carbocycles. The summed E-state index contributed by atoms with van der Waals surface area (Å²) in [5.74, 6) is 1.19. The molecule has 2 aromatic rings. The highest BCUT2D eigenvalue weighted by atomic mass is 35.5. The van der Waals surface area contributed by atoms with Crippen molar-refractivity contribution in [2.24, 2.45) is 0 Å². The van der Waals surface area contributed by atoms with E-state index in [9.17, 15) is 0 Å². The van der Waals surface area contributed by atoms with E-state index in [1.807, 2.05) is 44.2 Å². The molecule has 0 bridgehead atoms. The van der Waals surface area contributed by atoms with Crippen LogP contribution in [0, 0.1) is 13.8 Å². The highest BCUT2D eigenvalue weighted by molar-refractivity contribution is 6.32. The third-order valence-corrected chi connectivity index (χ3v) is 3.33. The van der Waals surface area contributed by atoms with Gasteiger partial charge in [-0.3, -0.25) is 0 Å². The number of aromatic nitrogens is 1. The summed E-state index contributed by atoms with van der Waals surface area (Å²) in [7, 11) is 0. The van der Waals surface area contributed by atoms with Gasteiger partial charge >= 0.3 is 0 Å². The molecule has 0 saturated carbocycles. The highest BCUT2D eigenvalue weighted by Gasteiger charge is 2.06. The molecule has 0 saturated heterocycles. The van der Waals surface area contributed by atoms with Crippen molar-refractivity contribution < 1.29 is 4.74 Å². The molecule has 1 N–H and O–H groups in total. The van der Waals surface area contributed by atoms with E-state index in [4.69, 9.17) is 16.3 Å². The van der Waals surface area contributed by atoms with Crippen molar-refractivity contribution in [3.8, 4) is 11.6 Å². The Labute approximate surface area is 124 Å². The minimum absolute atomic E-state index is 0.563. The molecule has 0 unspecified atom stereocenters. The summed E-state index contributed by atoms with van der Waals surface area (Å²) in [6.45, 7) is 7.82. The lowest BCUT2D eigenvalue weighted by Gasteiger charge is -2.10. The second-order valence-corrected chi connectivity index (χ2v) is 5.12. The maximum Gasteiger partial charge on any atom is 0.219 e. The Bertz CT molecular complexity index is 599. The molecule has 0 aliphatic heterocycles. The van der Waals surface area contributed by atoms with Crippen LogP contribution in [0.25, 0.3) is 0 Å². The number of hydrogen-bond donors (Lipinski definition) is 1. The van der Waals surface area contributed by atoms with E-state index in [1.165, 1.54) is 5.56 Å². The molecule has 3 nitrogen and oxygen atoms in total. The fourth-order valence-corrected chi connectivity index (χ4v) is 2.15. The van der Waals surface area contributed by atoms with E-state index < -0.39 is 0 Å². The summed E-state index contributed by atoms with van der Waals surface area (Å²) in [5.41, 5.74) is 3.24. The van der Waals surface area contributed by atoms with Crippen molar-refractivity contribution >= 4 is 11.6 Å². The van der Waals surface area contributed by atoms with E-state index in [2.05, 4.69) is 17.2 Å². The first-order chi connectivity index (χ1) is 9.60. The van der Waals surface area contributed by atoms with Crippen LogP contribution in [0.4, 0.5) is 0 Å². The zero-order valence-corrected chi connectivity index (χ0v) is 12.8. The molecule has 1 aromatic heterocycles. The van der Waals surface area contributed by atoms with Gasteiger partial charge in [-0.05, 0) is 43.7 Å². The maximum absolute atomic E-state index is 6.16. The summed E-state index contributed by atoms with van der Waals surface area (Å²) in [5, 5.41) is 3.89. The lowest BCUT2D eigenvalue weighted by atomic mass is 10.2. The maximum atomic E-state index is 6.16. The van der Waals surface area contributed by atoms with Crippen molar-refractivity contribution in [3.05, 3.63) is 52.2 Å². The van der Waals surface area contributed by atoms with E-state index >= 15 is 0 Å². The Kier molecular flexibility index (Phi) is 4.99. The summed E-state index contributed by atoms with van der Waals surface area (Å²) in [6.07, 6.45) is 0. The average molecular weight is 291 g/mol. The third kappa shape index (κ3) is 3.71. The van der Waals surface area contributed by atoms with Crippen LogP contribution < -0.4 is 10.1 Å². The van der Waals surface area contributed by atoms with Gasteiger partial charge in [-0.15, -0.1) is 0 Å². The minimum atomic E-state index is 0.563.